The normalized spacial score (nSPS) is 16.5. The molecule has 6 aliphatic heterocycles. The predicted octanol–water partition coefficient (Wildman–Crippen LogP) is 14.5. The zero-order chi connectivity index (χ0) is 59.3. The highest BCUT2D eigenvalue weighted by molar-refractivity contribution is 6.03. The second-order valence-electron chi connectivity index (χ2n) is 21.7. The maximum Gasteiger partial charge on any atom is 0.340 e. The first-order valence-corrected chi connectivity index (χ1v) is 27.5. The van der Waals surface area contributed by atoms with Gasteiger partial charge in [-0.05, 0) is 144 Å². The van der Waals surface area contributed by atoms with Gasteiger partial charge in [-0.1, -0.05) is 72.8 Å². The molecule has 12 aromatic rings. The van der Waals surface area contributed by atoms with Gasteiger partial charge < -0.3 is 59.1 Å². The number of rotatable bonds is 0. The molecule has 87 heavy (non-hydrogen) atoms. The van der Waals surface area contributed by atoms with Crippen molar-refractivity contribution < 1.29 is 73.4 Å². The number of aromatic hydroxyl groups is 6. The van der Waals surface area contributed by atoms with E-state index < -0.39 is 28.7 Å². The van der Waals surface area contributed by atoms with Crippen molar-refractivity contribution in [2.75, 3.05) is 0 Å². The number of esters is 3. The van der Waals surface area contributed by atoms with Gasteiger partial charge in [0.2, 0.25) is 0 Å². The molecular weight excluding hydrogens is 1100 g/mol. The van der Waals surface area contributed by atoms with Crippen LogP contribution in [-0.2, 0) is 31.0 Å². The summed E-state index contributed by atoms with van der Waals surface area (Å²) in [5.74, 6) is 2.24. The molecule has 18 rings (SSSR count). The molecule has 0 saturated carbocycles. The highest BCUT2D eigenvalue weighted by atomic mass is 16.6. The Balaban J connectivity index is 0.000000107. The Morgan fingerprint density at radius 1 is 0.253 bits per heavy atom. The fraction of sp³-hybridized carbons (Fsp3) is 0.0417. The van der Waals surface area contributed by atoms with Gasteiger partial charge in [-0.3, -0.25) is 0 Å². The van der Waals surface area contributed by atoms with Crippen LogP contribution in [0.15, 0.2) is 218 Å². The summed E-state index contributed by atoms with van der Waals surface area (Å²) in [6, 6.07) is 62.7. The average Bonchev–Trinajstić information content (AvgIpc) is 1.69. The average molecular weight is 1150 g/mol. The molecule has 1 unspecified atom stereocenters. The van der Waals surface area contributed by atoms with E-state index in [1.54, 1.807) is 97.1 Å². The topological polar surface area (TPSA) is 228 Å². The van der Waals surface area contributed by atoms with Crippen molar-refractivity contribution >= 4 is 50.2 Å². The molecule has 6 heterocycles. The SMILES string of the molecule is O=C1OC2(c3ccc(O)cc3Oc3c2ccc2cc(O)ccc32)c2ccccc21.O=C1OC2(c3ccc(O)cc3Oc3cc(O)ccc32)c2ccccc21.O=C1OC2(c3ccccc31)c1ccc3cc(O)ccc3c1Oc1c2ccc2cc(O)ccc12. The van der Waals surface area contributed by atoms with Crippen molar-refractivity contribution in [1.82, 2.24) is 0 Å². The van der Waals surface area contributed by atoms with Crippen molar-refractivity contribution in [3.05, 3.63) is 285 Å². The molecule has 15 nitrogen and oxygen atoms in total. The quantitative estimate of drug-likeness (QED) is 0.0613. The largest absolute Gasteiger partial charge is 0.508 e. The van der Waals surface area contributed by atoms with Crippen LogP contribution in [0.1, 0.15) is 81.1 Å². The highest BCUT2D eigenvalue weighted by Gasteiger charge is 2.57. The summed E-state index contributed by atoms with van der Waals surface area (Å²) in [5, 5.41) is 64.3. The van der Waals surface area contributed by atoms with Gasteiger partial charge in [0.25, 0.3) is 0 Å². The Hall–Kier alpha value is -12.0. The van der Waals surface area contributed by atoms with Gasteiger partial charge in [0.15, 0.2) is 16.8 Å². The minimum atomic E-state index is -1.17. The Bertz CT molecular complexity index is 4920. The van der Waals surface area contributed by atoms with E-state index in [4.69, 9.17) is 28.4 Å². The Kier molecular flexibility index (Phi) is 10.7. The maximum atomic E-state index is 13.0. The van der Waals surface area contributed by atoms with Crippen LogP contribution in [0.4, 0.5) is 0 Å². The van der Waals surface area contributed by atoms with Crippen molar-refractivity contribution in [1.29, 1.82) is 0 Å². The molecule has 0 radical (unpaired) electrons. The number of carbonyl (C=O) groups excluding carboxylic acids is 3. The summed E-state index contributed by atoms with van der Waals surface area (Å²) >= 11 is 0. The third kappa shape index (κ3) is 7.20. The Morgan fingerprint density at radius 2 is 0.529 bits per heavy atom. The fourth-order valence-electron chi connectivity index (χ4n) is 13.3. The van der Waals surface area contributed by atoms with Gasteiger partial charge in [-0.25, -0.2) is 14.4 Å². The van der Waals surface area contributed by atoms with E-state index in [0.29, 0.717) is 79.0 Å². The maximum absolute atomic E-state index is 13.0. The molecule has 6 aliphatic rings. The molecular formula is C72H42O15. The monoisotopic (exact) mass is 1150 g/mol. The molecule has 0 fully saturated rings. The lowest BCUT2D eigenvalue weighted by Crippen LogP contribution is -2.33. The van der Waals surface area contributed by atoms with Crippen molar-refractivity contribution in [2.45, 2.75) is 16.8 Å². The zero-order valence-electron chi connectivity index (χ0n) is 45.1. The third-order valence-corrected chi connectivity index (χ3v) is 17.0. The van der Waals surface area contributed by atoms with E-state index in [-0.39, 0.29) is 40.5 Å². The lowest BCUT2D eigenvalue weighted by Gasteiger charge is -2.37. The first kappa shape index (κ1) is 50.7. The molecule has 0 aromatic heterocycles. The Morgan fingerprint density at radius 3 is 0.897 bits per heavy atom. The summed E-state index contributed by atoms with van der Waals surface area (Å²) < 4.78 is 36.9. The van der Waals surface area contributed by atoms with Crippen LogP contribution in [0.25, 0.3) is 32.3 Å². The summed E-state index contributed by atoms with van der Waals surface area (Å²) in [4.78, 5) is 38.4. The number of hydrogen-bond acceptors (Lipinski definition) is 15. The first-order valence-electron chi connectivity index (χ1n) is 27.5. The van der Waals surface area contributed by atoms with Crippen molar-refractivity contribution in [3.8, 4) is 69.0 Å². The van der Waals surface area contributed by atoms with Crippen LogP contribution in [0.2, 0.25) is 0 Å². The minimum absolute atomic E-state index is 0.0371. The minimum Gasteiger partial charge on any atom is -0.508 e. The van der Waals surface area contributed by atoms with E-state index in [2.05, 4.69) is 0 Å². The van der Waals surface area contributed by atoms with Crippen LogP contribution in [0, 0.1) is 0 Å². The van der Waals surface area contributed by atoms with E-state index >= 15 is 0 Å². The first-order chi connectivity index (χ1) is 42.2. The summed E-state index contributed by atoms with van der Waals surface area (Å²) in [5.41, 5.74) is 4.27. The third-order valence-electron chi connectivity index (χ3n) is 17.0. The molecule has 15 heteroatoms. The standard InChI is InChI=1S/C28H16O5.C24H14O5.C20H12O5/c29-17-7-9-19-15(13-17)5-11-23-25(19)32-26-20-10-8-18(30)14-16(20)6-12-24(26)28(23)22-4-2-1-3-21(22)27(31)33-28;25-14-6-8-16-13(11-14)5-9-20-22(16)28-21-12-15(26)7-10-19(21)24(20)18-4-2-1-3-17(18)23(27)29-24;21-11-5-7-15-17(9-11)24-18-10-12(22)6-8-16(18)20(15)14-4-2-1-3-13(14)19(23)25-20/h1-14,29-30H;1-12,25-26H;1-10,21-22H. The van der Waals surface area contributed by atoms with Crippen molar-refractivity contribution in [2.24, 2.45) is 0 Å². The van der Waals surface area contributed by atoms with E-state index in [1.807, 2.05) is 91.0 Å². The molecule has 6 N–H and O–H groups in total. The van der Waals surface area contributed by atoms with Gasteiger partial charge in [0.05, 0.1) is 16.7 Å². The number of carbonyl (C=O) groups is 3. The molecule has 0 amide bonds. The van der Waals surface area contributed by atoms with E-state index in [1.165, 1.54) is 30.3 Å². The molecule has 12 aromatic carbocycles. The zero-order valence-corrected chi connectivity index (χ0v) is 45.1. The summed E-state index contributed by atoms with van der Waals surface area (Å²) in [7, 11) is 0. The van der Waals surface area contributed by atoms with Gasteiger partial charge >= 0.3 is 17.9 Å². The number of phenols is 6. The number of hydrogen-bond donors (Lipinski definition) is 6. The van der Waals surface area contributed by atoms with Gasteiger partial charge in [0.1, 0.15) is 69.0 Å². The smallest absolute Gasteiger partial charge is 0.340 e. The summed E-state index contributed by atoms with van der Waals surface area (Å²) in [6.07, 6.45) is 0. The number of fused-ring (bicyclic) bond motifs is 24. The fourth-order valence-corrected chi connectivity index (χ4v) is 13.3. The van der Waals surface area contributed by atoms with Crippen LogP contribution in [-0.4, -0.2) is 48.5 Å². The van der Waals surface area contributed by atoms with Crippen LogP contribution >= 0.6 is 0 Å². The second kappa shape index (κ2) is 18.3. The lowest BCUT2D eigenvalue weighted by molar-refractivity contribution is 0.0214. The number of phenolic OH excluding ortho intramolecular Hbond substituents is 6. The molecule has 3 spiro atoms. The van der Waals surface area contributed by atoms with Crippen LogP contribution < -0.4 is 14.2 Å². The predicted molar refractivity (Wildman–Crippen MR) is 317 cm³/mol. The van der Waals surface area contributed by atoms with E-state index in [0.717, 1.165) is 54.6 Å². The molecule has 0 saturated heterocycles. The van der Waals surface area contributed by atoms with E-state index in [9.17, 15) is 45.0 Å². The molecule has 0 aliphatic carbocycles. The van der Waals surface area contributed by atoms with Crippen LogP contribution in [0.3, 0.4) is 0 Å². The number of benzene rings is 12. The van der Waals surface area contributed by atoms with Gasteiger partial charge in [-0.15, -0.1) is 0 Å². The second-order valence-corrected chi connectivity index (χ2v) is 21.7. The van der Waals surface area contributed by atoms with Crippen molar-refractivity contribution in [3.63, 3.8) is 0 Å². The summed E-state index contributed by atoms with van der Waals surface area (Å²) in [6.45, 7) is 0. The van der Waals surface area contributed by atoms with Gasteiger partial charge in [-0.2, -0.15) is 0 Å². The lowest BCUT2D eigenvalue weighted by atomic mass is 9.76. The molecule has 420 valence electrons. The number of ether oxygens (including phenoxy) is 6. The Labute approximate surface area is 492 Å². The molecule has 1 atom stereocenters. The highest BCUT2D eigenvalue weighted by Crippen LogP contribution is 2.62. The van der Waals surface area contributed by atoms with Gasteiger partial charge in [0, 0.05) is 84.4 Å². The van der Waals surface area contributed by atoms with Crippen LogP contribution in [0.5, 0.6) is 69.0 Å². The molecule has 0 bridgehead atoms.